The Hall–Kier alpha value is -2.08. The van der Waals surface area contributed by atoms with Gasteiger partial charge in [0.2, 0.25) is 0 Å². The van der Waals surface area contributed by atoms with E-state index < -0.39 is 0 Å². The van der Waals surface area contributed by atoms with E-state index >= 15 is 0 Å². The fraction of sp³-hybridized carbons (Fsp3) is 0.556. The van der Waals surface area contributed by atoms with Crippen LogP contribution in [0.1, 0.15) is 48.7 Å². The first-order valence-corrected chi connectivity index (χ1v) is 8.36. The molecule has 1 aliphatic heterocycles. The Morgan fingerprint density at radius 3 is 2.71 bits per heavy atom. The molecule has 2 aromatic rings. The van der Waals surface area contributed by atoms with Crippen LogP contribution in [-0.2, 0) is 17.3 Å². The van der Waals surface area contributed by atoms with Gasteiger partial charge < -0.3 is 14.2 Å². The van der Waals surface area contributed by atoms with Crippen LogP contribution in [0.3, 0.4) is 0 Å². The molecule has 1 aliphatic rings. The standard InChI is InChI=1S/C18H26N4O2/c1-13-11-14(19-22(13)18(2,3)4)17(23)21-9-10-24-12-16(21)15-7-6-8-20(15)5/h6-8,11,16H,9-10,12H2,1-5H3/t16-/m0/s1. The van der Waals surface area contributed by atoms with Crippen molar-refractivity contribution in [3.8, 4) is 0 Å². The number of hydrogen-bond donors (Lipinski definition) is 0. The molecule has 3 rings (SSSR count). The normalized spacial score (nSPS) is 18.9. The third-order valence-electron chi connectivity index (χ3n) is 4.46. The maximum Gasteiger partial charge on any atom is 0.275 e. The van der Waals surface area contributed by atoms with Gasteiger partial charge in [0.05, 0.1) is 24.8 Å². The molecule has 0 aromatic carbocycles. The number of morpholine rings is 1. The highest BCUT2D eigenvalue weighted by atomic mass is 16.5. The summed E-state index contributed by atoms with van der Waals surface area (Å²) in [5, 5.41) is 4.57. The van der Waals surface area contributed by atoms with Crippen LogP contribution in [0.25, 0.3) is 0 Å². The molecule has 1 atom stereocenters. The summed E-state index contributed by atoms with van der Waals surface area (Å²) >= 11 is 0. The van der Waals surface area contributed by atoms with Crippen LogP contribution >= 0.6 is 0 Å². The monoisotopic (exact) mass is 330 g/mol. The summed E-state index contributed by atoms with van der Waals surface area (Å²) in [6.07, 6.45) is 1.99. The van der Waals surface area contributed by atoms with E-state index in [1.807, 2.05) is 52.5 Å². The lowest BCUT2D eigenvalue weighted by atomic mass is 10.1. The van der Waals surface area contributed by atoms with Crippen LogP contribution in [0.5, 0.6) is 0 Å². The number of carbonyl (C=O) groups excluding carboxylic acids is 1. The number of aryl methyl sites for hydroxylation is 2. The third-order valence-corrected chi connectivity index (χ3v) is 4.46. The van der Waals surface area contributed by atoms with Crippen molar-refractivity contribution in [1.29, 1.82) is 0 Å². The molecule has 2 aromatic heterocycles. The molecule has 0 N–H and O–H groups in total. The Morgan fingerprint density at radius 1 is 1.38 bits per heavy atom. The van der Waals surface area contributed by atoms with Crippen LogP contribution in [0.4, 0.5) is 0 Å². The highest BCUT2D eigenvalue weighted by molar-refractivity contribution is 5.92. The van der Waals surface area contributed by atoms with Gasteiger partial charge in [-0.15, -0.1) is 0 Å². The molecule has 24 heavy (non-hydrogen) atoms. The zero-order chi connectivity index (χ0) is 17.5. The van der Waals surface area contributed by atoms with Gasteiger partial charge in [-0.1, -0.05) is 0 Å². The average Bonchev–Trinajstić information content (AvgIpc) is 3.12. The van der Waals surface area contributed by atoms with Crippen LogP contribution < -0.4 is 0 Å². The zero-order valence-electron chi connectivity index (χ0n) is 15.1. The second-order valence-corrected chi connectivity index (χ2v) is 7.39. The predicted molar refractivity (Wildman–Crippen MR) is 92.0 cm³/mol. The van der Waals surface area contributed by atoms with Gasteiger partial charge in [-0.25, -0.2) is 0 Å². The quantitative estimate of drug-likeness (QED) is 0.850. The predicted octanol–water partition coefficient (Wildman–Crippen LogP) is 2.50. The Labute approximate surface area is 143 Å². The van der Waals surface area contributed by atoms with E-state index in [0.29, 0.717) is 25.5 Å². The average molecular weight is 330 g/mol. The summed E-state index contributed by atoms with van der Waals surface area (Å²) in [5.74, 6) is -0.0319. The summed E-state index contributed by atoms with van der Waals surface area (Å²) in [6.45, 7) is 9.90. The molecule has 6 nitrogen and oxygen atoms in total. The molecule has 6 heteroatoms. The van der Waals surface area contributed by atoms with Gasteiger partial charge in [0.15, 0.2) is 5.69 Å². The summed E-state index contributed by atoms with van der Waals surface area (Å²) < 4.78 is 9.58. The van der Waals surface area contributed by atoms with Gasteiger partial charge in [-0.05, 0) is 45.9 Å². The molecule has 0 aliphatic carbocycles. The molecule has 1 saturated heterocycles. The van der Waals surface area contributed by atoms with Gasteiger partial charge in [0, 0.05) is 31.2 Å². The van der Waals surface area contributed by atoms with E-state index in [1.54, 1.807) is 0 Å². The lowest BCUT2D eigenvalue weighted by Crippen LogP contribution is -2.44. The SMILES string of the molecule is Cc1cc(C(=O)N2CCOC[C@H]2c2cccn2C)nn1C(C)(C)C. The summed E-state index contributed by atoms with van der Waals surface area (Å²) in [6, 6.07) is 5.83. The Balaban J connectivity index is 1.92. The van der Waals surface area contributed by atoms with Crippen molar-refractivity contribution in [2.75, 3.05) is 19.8 Å². The van der Waals surface area contributed by atoms with E-state index in [9.17, 15) is 4.79 Å². The maximum atomic E-state index is 13.1. The first-order chi connectivity index (χ1) is 11.3. The van der Waals surface area contributed by atoms with Gasteiger partial charge >= 0.3 is 0 Å². The number of nitrogens with zero attached hydrogens (tertiary/aromatic N) is 4. The zero-order valence-corrected chi connectivity index (χ0v) is 15.1. The number of ether oxygens (including phenoxy) is 1. The van der Waals surface area contributed by atoms with Crippen molar-refractivity contribution >= 4 is 5.91 Å². The lowest BCUT2D eigenvalue weighted by molar-refractivity contribution is -0.00501. The molecule has 0 unspecified atom stereocenters. The van der Waals surface area contributed by atoms with E-state index in [1.165, 1.54) is 0 Å². The van der Waals surface area contributed by atoms with E-state index in [0.717, 1.165) is 11.4 Å². The fourth-order valence-corrected chi connectivity index (χ4v) is 3.32. The largest absolute Gasteiger partial charge is 0.377 e. The molecular weight excluding hydrogens is 304 g/mol. The molecule has 0 bridgehead atoms. The summed E-state index contributed by atoms with van der Waals surface area (Å²) in [4.78, 5) is 15.0. The lowest BCUT2D eigenvalue weighted by Gasteiger charge is -2.35. The Morgan fingerprint density at radius 2 is 2.12 bits per heavy atom. The van der Waals surface area contributed by atoms with Crippen LogP contribution in [-0.4, -0.2) is 44.9 Å². The van der Waals surface area contributed by atoms with E-state index in [2.05, 4.69) is 25.9 Å². The van der Waals surface area contributed by atoms with Crippen LogP contribution in [0.15, 0.2) is 24.4 Å². The number of rotatable bonds is 2. The Kier molecular flexibility index (Phi) is 4.25. The molecule has 0 saturated carbocycles. The molecule has 0 spiro atoms. The van der Waals surface area contributed by atoms with Gasteiger partial charge in [-0.2, -0.15) is 5.10 Å². The summed E-state index contributed by atoms with van der Waals surface area (Å²) in [7, 11) is 1.99. The fourth-order valence-electron chi connectivity index (χ4n) is 3.32. The smallest absolute Gasteiger partial charge is 0.275 e. The first-order valence-electron chi connectivity index (χ1n) is 8.36. The molecule has 1 fully saturated rings. The van der Waals surface area contributed by atoms with Gasteiger partial charge in [-0.3, -0.25) is 9.48 Å². The van der Waals surface area contributed by atoms with E-state index in [-0.39, 0.29) is 17.5 Å². The number of carbonyl (C=O) groups is 1. The highest BCUT2D eigenvalue weighted by Gasteiger charge is 2.32. The first kappa shape index (κ1) is 16.8. The summed E-state index contributed by atoms with van der Waals surface area (Å²) in [5.41, 5.74) is 2.43. The van der Waals surface area contributed by atoms with Crippen molar-refractivity contribution in [3.05, 3.63) is 41.5 Å². The van der Waals surface area contributed by atoms with Crippen molar-refractivity contribution in [2.45, 2.75) is 39.3 Å². The minimum Gasteiger partial charge on any atom is -0.377 e. The van der Waals surface area contributed by atoms with Gasteiger partial charge in [0.1, 0.15) is 0 Å². The van der Waals surface area contributed by atoms with Crippen LogP contribution in [0.2, 0.25) is 0 Å². The minimum atomic E-state index is -0.148. The molecule has 130 valence electrons. The third kappa shape index (κ3) is 2.98. The molecule has 3 heterocycles. The van der Waals surface area contributed by atoms with E-state index in [4.69, 9.17) is 4.74 Å². The van der Waals surface area contributed by atoms with Crippen molar-refractivity contribution in [2.24, 2.45) is 7.05 Å². The van der Waals surface area contributed by atoms with Crippen LogP contribution in [0, 0.1) is 6.92 Å². The number of aromatic nitrogens is 3. The molecule has 0 radical (unpaired) electrons. The number of amides is 1. The maximum absolute atomic E-state index is 13.1. The van der Waals surface area contributed by atoms with Crippen molar-refractivity contribution in [3.63, 3.8) is 0 Å². The molecular formula is C18H26N4O2. The number of hydrogen-bond acceptors (Lipinski definition) is 3. The van der Waals surface area contributed by atoms with Gasteiger partial charge in [0.25, 0.3) is 5.91 Å². The second-order valence-electron chi connectivity index (χ2n) is 7.39. The van der Waals surface area contributed by atoms with Crippen molar-refractivity contribution < 1.29 is 9.53 Å². The van der Waals surface area contributed by atoms with Crippen molar-refractivity contribution in [1.82, 2.24) is 19.2 Å². The minimum absolute atomic E-state index is 0.0319. The topological polar surface area (TPSA) is 52.3 Å². The Bertz CT molecular complexity index is 739. The molecule has 1 amide bonds. The highest BCUT2D eigenvalue weighted by Crippen LogP contribution is 2.26. The second kappa shape index (κ2) is 6.09.